The molecule has 0 atom stereocenters. The molecule has 2 aromatic carbocycles. The van der Waals surface area contributed by atoms with Gasteiger partial charge in [-0.25, -0.2) is 4.79 Å². The Hall–Kier alpha value is -3.14. The van der Waals surface area contributed by atoms with Crippen molar-refractivity contribution in [1.29, 1.82) is 0 Å². The molecule has 0 saturated heterocycles. The SMILES string of the molecule is Cc1cccc(N(CCCc2ccccn2)c2ccccc2C(=O)O)c1C. The van der Waals surface area contributed by atoms with Crippen molar-refractivity contribution in [3.8, 4) is 0 Å². The van der Waals surface area contributed by atoms with Gasteiger partial charge in [0.2, 0.25) is 0 Å². The number of carbonyl (C=O) groups is 1. The summed E-state index contributed by atoms with van der Waals surface area (Å²) >= 11 is 0. The van der Waals surface area contributed by atoms with Crippen molar-refractivity contribution in [2.45, 2.75) is 26.7 Å². The van der Waals surface area contributed by atoms with Crippen molar-refractivity contribution >= 4 is 17.3 Å². The van der Waals surface area contributed by atoms with E-state index in [2.05, 4.69) is 35.9 Å². The molecule has 0 aliphatic heterocycles. The zero-order valence-corrected chi connectivity index (χ0v) is 15.7. The Bertz CT molecular complexity index is 923. The van der Waals surface area contributed by atoms with E-state index in [0.29, 0.717) is 12.1 Å². The topological polar surface area (TPSA) is 53.4 Å². The molecule has 1 N–H and O–H groups in total. The second kappa shape index (κ2) is 8.49. The first kappa shape index (κ1) is 18.6. The highest BCUT2D eigenvalue weighted by molar-refractivity contribution is 5.95. The Morgan fingerprint density at radius 1 is 0.963 bits per heavy atom. The predicted octanol–water partition coefficient (Wildman–Crippen LogP) is 5.17. The summed E-state index contributed by atoms with van der Waals surface area (Å²) in [7, 11) is 0. The second-order valence-electron chi connectivity index (χ2n) is 6.62. The van der Waals surface area contributed by atoms with Gasteiger partial charge < -0.3 is 10.0 Å². The lowest BCUT2D eigenvalue weighted by atomic mass is 10.0. The number of hydrogen-bond donors (Lipinski definition) is 1. The minimum atomic E-state index is -0.911. The van der Waals surface area contributed by atoms with Gasteiger partial charge in [0.1, 0.15) is 0 Å². The summed E-state index contributed by atoms with van der Waals surface area (Å²) in [6, 6.07) is 19.3. The fraction of sp³-hybridized carbons (Fsp3) is 0.217. The van der Waals surface area contributed by atoms with Crippen LogP contribution >= 0.6 is 0 Å². The maximum absolute atomic E-state index is 11.8. The molecule has 0 fully saturated rings. The largest absolute Gasteiger partial charge is 0.478 e. The maximum atomic E-state index is 11.8. The molecule has 138 valence electrons. The molecular formula is C23H24N2O2. The maximum Gasteiger partial charge on any atom is 0.337 e. The van der Waals surface area contributed by atoms with Crippen LogP contribution in [0.5, 0.6) is 0 Å². The summed E-state index contributed by atoms with van der Waals surface area (Å²) in [6.45, 7) is 4.87. The van der Waals surface area contributed by atoms with E-state index < -0.39 is 5.97 Å². The number of aromatic carboxylic acids is 1. The molecule has 1 heterocycles. The average Bonchev–Trinajstić information content (AvgIpc) is 2.69. The highest BCUT2D eigenvalue weighted by Gasteiger charge is 2.18. The molecule has 0 saturated carbocycles. The van der Waals surface area contributed by atoms with Crippen LogP contribution in [-0.2, 0) is 6.42 Å². The fourth-order valence-corrected chi connectivity index (χ4v) is 3.25. The van der Waals surface area contributed by atoms with Crippen molar-refractivity contribution in [3.05, 3.63) is 89.2 Å². The number of anilines is 2. The van der Waals surface area contributed by atoms with Crippen LogP contribution in [-0.4, -0.2) is 22.6 Å². The third kappa shape index (κ3) is 4.34. The van der Waals surface area contributed by atoms with E-state index in [1.54, 1.807) is 18.3 Å². The Labute approximate surface area is 160 Å². The van der Waals surface area contributed by atoms with E-state index in [4.69, 9.17) is 0 Å². The van der Waals surface area contributed by atoms with Crippen LogP contribution in [0, 0.1) is 13.8 Å². The normalized spacial score (nSPS) is 10.6. The molecular weight excluding hydrogens is 336 g/mol. The molecule has 3 aromatic rings. The number of carboxylic acids is 1. The molecule has 0 aliphatic rings. The number of rotatable bonds is 7. The van der Waals surface area contributed by atoms with Gasteiger partial charge in [0.05, 0.1) is 11.3 Å². The number of hydrogen-bond acceptors (Lipinski definition) is 3. The Kier molecular flexibility index (Phi) is 5.87. The van der Waals surface area contributed by atoms with Crippen molar-refractivity contribution in [2.24, 2.45) is 0 Å². The van der Waals surface area contributed by atoms with Crippen LogP contribution in [0.2, 0.25) is 0 Å². The summed E-state index contributed by atoms with van der Waals surface area (Å²) in [5.74, 6) is -0.911. The quantitative estimate of drug-likeness (QED) is 0.632. The molecule has 1 aromatic heterocycles. The van der Waals surface area contributed by atoms with Gasteiger partial charge in [-0.05, 0) is 68.1 Å². The van der Waals surface area contributed by atoms with Gasteiger partial charge >= 0.3 is 5.97 Å². The molecule has 0 amide bonds. The highest BCUT2D eigenvalue weighted by atomic mass is 16.4. The van der Waals surface area contributed by atoms with Gasteiger partial charge in [-0.15, -0.1) is 0 Å². The van der Waals surface area contributed by atoms with Crippen LogP contribution in [0.15, 0.2) is 66.9 Å². The number of aryl methyl sites for hydroxylation is 2. The first-order valence-corrected chi connectivity index (χ1v) is 9.14. The van der Waals surface area contributed by atoms with E-state index in [1.165, 1.54) is 5.56 Å². The molecule has 0 unspecified atom stereocenters. The fourth-order valence-electron chi connectivity index (χ4n) is 3.25. The molecule has 27 heavy (non-hydrogen) atoms. The minimum absolute atomic E-state index is 0.316. The molecule has 0 aliphatic carbocycles. The first-order valence-electron chi connectivity index (χ1n) is 9.14. The van der Waals surface area contributed by atoms with E-state index in [9.17, 15) is 9.90 Å². The zero-order valence-electron chi connectivity index (χ0n) is 15.7. The average molecular weight is 360 g/mol. The number of para-hydroxylation sites is 1. The monoisotopic (exact) mass is 360 g/mol. The van der Waals surface area contributed by atoms with Crippen molar-refractivity contribution in [2.75, 3.05) is 11.4 Å². The van der Waals surface area contributed by atoms with E-state index in [-0.39, 0.29) is 0 Å². The Balaban J connectivity index is 1.94. The third-order valence-electron chi connectivity index (χ3n) is 4.83. The van der Waals surface area contributed by atoms with E-state index >= 15 is 0 Å². The van der Waals surface area contributed by atoms with Gasteiger partial charge in [-0.1, -0.05) is 30.3 Å². The van der Waals surface area contributed by atoms with E-state index in [0.717, 1.165) is 35.5 Å². The molecule has 0 spiro atoms. The summed E-state index contributed by atoms with van der Waals surface area (Å²) in [4.78, 5) is 18.3. The first-order chi connectivity index (χ1) is 13.1. The Morgan fingerprint density at radius 2 is 1.70 bits per heavy atom. The van der Waals surface area contributed by atoms with Crippen LogP contribution in [0.4, 0.5) is 11.4 Å². The van der Waals surface area contributed by atoms with Crippen molar-refractivity contribution in [1.82, 2.24) is 4.98 Å². The summed E-state index contributed by atoms with van der Waals surface area (Å²) in [6.07, 6.45) is 3.52. The molecule has 4 heteroatoms. The van der Waals surface area contributed by atoms with Crippen molar-refractivity contribution < 1.29 is 9.90 Å². The smallest absolute Gasteiger partial charge is 0.337 e. The predicted molar refractivity (Wildman–Crippen MR) is 109 cm³/mol. The van der Waals surface area contributed by atoms with Gasteiger partial charge in [-0.2, -0.15) is 0 Å². The van der Waals surface area contributed by atoms with Crippen LogP contribution in [0.3, 0.4) is 0 Å². The second-order valence-corrected chi connectivity index (χ2v) is 6.62. The number of benzene rings is 2. The van der Waals surface area contributed by atoms with E-state index in [1.807, 2.05) is 36.4 Å². The van der Waals surface area contributed by atoms with Gasteiger partial charge in [0, 0.05) is 24.1 Å². The van der Waals surface area contributed by atoms with Gasteiger partial charge in [-0.3, -0.25) is 4.98 Å². The van der Waals surface area contributed by atoms with Crippen LogP contribution in [0.1, 0.15) is 33.6 Å². The molecule has 3 rings (SSSR count). The number of pyridine rings is 1. The minimum Gasteiger partial charge on any atom is -0.478 e. The number of nitrogens with zero attached hydrogens (tertiary/aromatic N) is 2. The third-order valence-corrected chi connectivity index (χ3v) is 4.83. The highest BCUT2D eigenvalue weighted by Crippen LogP contribution is 2.32. The Morgan fingerprint density at radius 3 is 2.44 bits per heavy atom. The lowest BCUT2D eigenvalue weighted by Crippen LogP contribution is -2.22. The number of carboxylic acid groups (broad SMARTS) is 1. The summed E-state index contributed by atoms with van der Waals surface area (Å²) in [5, 5.41) is 9.65. The molecule has 0 bridgehead atoms. The van der Waals surface area contributed by atoms with Crippen molar-refractivity contribution in [3.63, 3.8) is 0 Å². The molecule has 0 radical (unpaired) electrons. The van der Waals surface area contributed by atoms with Crippen LogP contribution in [0.25, 0.3) is 0 Å². The zero-order chi connectivity index (χ0) is 19.2. The molecule has 4 nitrogen and oxygen atoms in total. The van der Waals surface area contributed by atoms with Gasteiger partial charge in [0.15, 0.2) is 0 Å². The standard InChI is InChI=1S/C23H24N2O2/c1-17-9-7-14-21(18(17)2)25(16-8-11-19-10-5-6-15-24-19)22-13-4-3-12-20(22)23(26)27/h3-7,9-10,12-15H,8,11,16H2,1-2H3,(H,26,27). The lowest BCUT2D eigenvalue weighted by Gasteiger charge is -2.28. The number of aromatic nitrogens is 1. The summed E-state index contributed by atoms with van der Waals surface area (Å²) in [5.41, 5.74) is 5.48. The lowest BCUT2D eigenvalue weighted by molar-refractivity contribution is 0.0697. The van der Waals surface area contributed by atoms with Crippen LogP contribution < -0.4 is 4.90 Å². The summed E-state index contributed by atoms with van der Waals surface area (Å²) < 4.78 is 0. The van der Waals surface area contributed by atoms with Gasteiger partial charge in [0.25, 0.3) is 0 Å².